The first-order valence-electron chi connectivity index (χ1n) is 9.62. The number of rotatable bonds is 3. The maximum absolute atomic E-state index is 12.8. The average Bonchev–Trinajstić information content (AvgIpc) is 2.99. The molecule has 2 aromatic rings. The highest BCUT2D eigenvalue weighted by Crippen LogP contribution is 2.29. The summed E-state index contributed by atoms with van der Waals surface area (Å²) >= 11 is 0. The molecular formula is C22H25N3O2. The molecule has 2 aromatic carbocycles. The van der Waals surface area contributed by atoms with Crippen LogP contribution in [-0.4, -0.2) is 47.3 Å². The van der Waals surface area contributed by atoms with Gasteiger partial charge in [0.15, 0.2) is 0 Å². The van der Waals surface area contributed by atoms with Crippen molar-refractivity contribution >= 4 is 17.5 Å². The fourth-order valence-corrected chi connectivity index (χ4v) is 4.23. The highest BCUT2D eigenvalue weighted by Gasteiger charge is 2.39. The van der Waals surface area contributed by atoms with E-state index in [4.69, 9.17) is 0 Å². The minimum absolute atomic E-state index is 0.112. The van der Waals surface area contributed by atoms with Crippen LogP contribution in [0, 0.1) is 5.92 Å². The van der Waals surface area contributed by atoms with Crippen LogP contribution in [0.3, 0.4) is 0 Å². The number of nitrogens with one attached hydrogen (secondary N) is 1. The Morgan fingerprint density at radius 1 is 0.889 bits per heavy atom. The van der Waals surface area contributed by atoms with Gasteiger partial charge in [0.25, 0.3) is 0 Å². The lowest BCUT2D eigenvalue weighted by Crippen LogP contribution is -2.51. The van der Waals surface area contributed by atoms with Crippen molar-refractivity contribution in [2.75, 3.05) is 25.0 Å². The van der Waals surface area contributed by atoms with Crippen LogP contribution in [-0.2, 0) is 16.1 Å². The van der Waals surface area contributed by atoms with E-state index < -0.39 is 11.8 Å². The van der Waals surface area contributed by atoms with Gasteiger partial charge in [-0.25, -0.2) is 0 Å². The maximum atomic E-state index is 12.8. The van der Waals surface area contributed by atoms with E-state index in [1.54, 1.807) is 17.0 Å². The van der Waals surface area contributed by atoms with Crippen molar-refractivity contribution in [1.82, 2.24) is 9.80 Å². The summed E-state index contributed by atoms with van der Waals surface area (Å²) < 4.78 is 0. The van der Waals surface area contributed by atoms with Crippen molar-refractivity contribution < 1.29 is 9.59 Å². The molecule has 0 radical (unpaired) electrons. The summed E-state index contributed by atoms with van der Waals surface area (Å²) in [6.07, 6.45) is 2.10. The summed E-state index contributed by atoms with van der Waals surface area (Å²) in [7, 11) is 0. The molecule has 0 saturated carbocycles. The van der Waals surface area contributed by atoms with Crippen molar-refractivity contribution in [1.29, 1.82) is 0 Å². The van der Waals surface area contributed by atoms with Gasteiger partial charge in [0, 0.05) is 37.9 Å². The molecule has 5 rings (SSSR count). The first kappa shape index (κ1) is 17.7. The van der Waals surface area contributed by atoms with Gasteiger partial charge in [0.05, 0.1) is 0 Å². The van der Waals surface area contributed by atoms with Crippen molar-refractivity contribution in [3.05, 3.63) is 66.2 Å². The number of hydrogen-bond donors (Lipinski definition) is 1. The lowest BCUT2D eigenvalue weighted by Gasteiger charge is -2.35. The molecule has 27 heavy (non-hydrogen) atoms. The molecule has 5 heteroatoms. The summed E-state index contributed by atoms with van der Waals surface area (Å²) in [5.41, 5.74) is 1.94. The Labute approximate surface area is 160 Å². The molecule has 0 aliphatic carbocycles. The number of para-hydroxylation sites is 1. The van der Waals surface area contributed by atoms with Gasteiger partial charge in [0.1, 0.15) is 0 Å². The Balaban J connectivity index is 1.42. The highest BCUT2D eigenvalue weighted by atomic mass is 16.2. The second kappa shape index (κ2) is 7.92. The Bertz CT molecular complexity index is 794. The number of benzene rings is 2. The number of piperidine rings is 1. The number of anilines is 1. The van der Waals surface area contributed by atoms with Crippen molar-refractivity contribution in [3.63, 3.8) is 0 Å². The minimum Gasteiger partial charge on any atom is -0.330 e. The molecule has 2 amide bonds. The lowest BCUT2D eigenvalue weighted by molar-refractivity contribution is -0.146. The molecule has 1 N–H and O–H groups in total. The summed E-state index contributed by atoms with van der Waals surface area (Å²) in [5, 5.41) is 2.73. The number of nitrogens with zero attached hydrogens (tertiary/aromatic N) is 2. The number of amides is 2. The Morgan fingerprint density at radius 3 is 2.33 bits per heavy atom. The van der Waals surface area contributed by atoms with Crippen LogP contribution < -0.4 is 5.32 Å². The summed E-state index contributed by atoms with van der Waals surface area (Å²) in [6, 6.07) is 19.7. The lowest BCUT2D eigenvalue weighted by atomic mass is 9.95. The fourth-order valence-electron chi connectivity index (χ4n) is 4.23. The van der Waals surface area contributed by atoms with Gasteiger partial charge in [-0.05, 0) is 36.5 Å². The van der Waals surface area contributed by atoms with Gasteiger partial charge < -0.3 is 10.2 Å². The Morgan fingerprint density at radius 2 is 1.59 bits per heavy atom. The van der Waals surface area contributed by atoms with Crippen LogP contribution >= 0.6 is 0 Å². The molecule has 0 aromatic heterocycles. The van der Waals surface area contributed by atoms with E-state index in [1.807, 2.05) is 24.3 Å². The second-order valence-electron chi connectivity index (χ2n) is 7.55. The topological polar surface area (TPSA) is 52.7 Å². The Kier molecular flexibility index (Phi) is 5.21. The van der Waals surface area contributed by atoms with E-state index in [0.717, 1.165) is 32.5 Å². The van der Waals surface area contributed by atoms with E-state index >= 15 is 0 Å². The first-order valence-corrected chi connectivity index (χ1v) is 9.62. The second-order valence-corrected chi connectivity index (χ2v) is 7.55. The summed E-state index contributed by atoms with van der Waals surface area (Å²) in [5.74, 6) is -0.514. The van der Waals surface area contributed by atoms with Gasteiger partial charge in [-0.15, -0.1) is 0 Å². The largest absolute Gasteiger partial charge is 0.330 e. The van der Waals surface area contributed by atoms with Crippen molar-refractivity contribution in [2.45, 2.75) is 25.4 Å². The Hall–Kier alpha value is -2.66. The van der Waals surface area contributed by atoms with E-state index in [2.05, 4.69) is 34.5 Å². The third-order valence-corrected chi connectivity index (χ3v) is 5.52. The zero-order chi connectivity index (χ0) is 18.6. The van der Waals surface area contributed by atoms with E-state index in [1.165, 1.54) is 5.56 Å². The number of fused-ring (bicyclic) bond motifs is 4. The predicted molar refractivity (Wildman–Crippen MR) is 105 cm³/mol. The molecule has 3 aliphatic heterocycles. The molecule has 3 fully saturated rings. The van der Waals surface area contributed by atoms with Crippen molar-refractivity contribution in [3.8, 4) is 0 Å². The van der Waals surface area contributed by atoms with Crippen LogP contribution in [0.25, 0.3) is 0 Å². The standard InChI is InChI=1S/C22H25N3O2/c26-21(23-19-9-5-2-6-10-19)22(27)25-15-18-11-12-20(25)16-24(14-18)13-17-7-3-1-4-8-17/h1-10,18,20H,11-16H2,(H,23,26)/t18-,20+/m0/s1. The molecule has 3 saturated heterocycles. The molecule has 0 spiro atoms. The third kappa shape index (κ3) is 4.19. The zero-order valence-corrected chi connectivity index (χ0v) is 15.4. The molecule has 5 nitrogen and oxygen atoms in total. The maximum Gasteiger partial charge on any atom is 0.313 e. The molecule has 2 bridgehead atoms. The van der Waals surface area contributed by atoms with Crippen LogP contribution in [0.2, 0.25) is 0 Å². The van der Waals surface area contributed by atoms with Crippen LogP contribution in [0.15, 0.2) is 60.7 Å². The zero-order valence-electron chi connectivity index (χ0n) is 15.4. The number of carbonyl (C=O) groups is 2. The first-order chi connectivity index (χ1) is 13.2. The van der Waals surface area contributed by atoms with Crippen molar-refractivity contribution in [2.24, 2.45) is 5.92 Å². The normalized spacial score (nSPS) is 22.3. The van der Waals surface area contributed by atoms with Crippen LogP contribution in [0.4, 0.5) is 5.69 Å². The smallest absolute Gasteiger partial charge is 0.313 e. The molecule has 3 aliphatic rings. The van der Waals surface area contributed by atoms with Crippen LogP contribution in [0.1, 0.15) is 18.4 Å². The number of carbonyl (C=O) groups excluding carboxylic acids is 2. The fraction of sp³-hybridized carbons (Fsp3) is 0.364. The van der Waals surface area contributed by atoms with E-state index in [0.29, 0.717) is 18.2 Å². The minimum atomic E-state index is -0.539. The number of hydrogen-bond acceptors (Lipinski definition) is 3. The molecule has 3 heterocycles. The summed E-state index contributed by atoms with van der Waals surface area (Å²) in [6.45, 7) is 3.38. The predicted octanol–water partition coefficient (Wildman–Crippen LogP) is 2.75. The quantitative estimate of drug-likeness (QED) is 0.853. The molecule has 140 valence electrons. The third-order valence-electron chi connectivity index (χ3n) is 5.52. The van der Waals surface area contributed by atoms with Gasteiger partial charge in [-0.2, -0.15) is 0 Å². The van der Waals surface area contributed by atoms with Gasteiger partial charge in [0.2, 0.25) is 0 Å². The van der Waals surface area contributed by atoms with Gasteiger partial charge in [-0.3, -0.25) is 14.5 Å². The molecule has 2 atom stereocenters. The average molecular weight is 363 g/mol. The van der Waals surface area contributed by atoms with E-state index in [9.17, 15) is 9.59 Å². The van der Waals surface area contributed by atoms with Gasteiger partial charge >= 0.3 is 11.8 Å². The highest BCUT2D eigenvalue weighted by molar-refractivity contribution is 6.39. The van der Waals surface area contributed by atoms with Gasteiger partial charge in [-0.1, -0.05) is 48.5 Å². The van der Waals surface area contributed by atoms with Crippen LogP contribution in [0.5, 0.6) is 0 Å². The van der Waals surface area contributed by atoms with E-state index in [-0.39, 0.29) is 6.04 Å². The SMILES string of the molecule is O=C(Nc1ccccc1)C(=O)N1C[C@H]2CC[C@@H]1CN(Cc1ccccc1)C2. The summed E-state index contributed by atoms with van der Waals surface area (Å²) in [4.78, 5) is 29.5. The molecule has 0 unspecified atom stereocenters. The monoisotopic (exact) mass is 363 g/mol. The molecular weight excluding hydrogens is 338 g/mol.